The highest BCUT2D eigenvalue weighted by atomic mass is 32.2. The van der Waals surface area contributed by atoms with E-state index >= 15 is 0 Å². The van der Waals surface area contributed by atoms with Crippen molar-refractivity contribution in [3.05, 3.63) is 95.6 Å². The summed E-state index contributed by atoms with van der Waals surface area (Å²) >= 11 is 0.730. The summed E-state index contributed by atoms with van der Waals surface area (Å²) in [6.07, 6.45) is -0.743. The molecule has 0 fully saturated rings. The molecule has 23 heteroatoms. The van der Waals surface area contributed by atoms with Crippen LogP contribution >= 0.6 is 12.0 Å². The lowest BCUT2D eigenvalue weighted by Crippen LogP contribution is -2.09. The number of benzene rings is 4. The van der Waals surface area contributed by atoms with E-state index in [9.17, 15) is 43.1 Å². The maximum Gasteiger partial charge on any atom is 0.341 e. The van der Waals surface area contributed by atoms with Crippen LogP contribution < -0.4 is 4.74 Å². The number of carboxylic acid groups (broad SMARTS) is 2. The van der Waals surface area contributed by atoms with Gasteiger partial charge < -0.3 is 20.1 Å². The molecule has 0 radical (unpaired) electrons. The number of nitrogens with zero attached hydrogens (tertiary/aromatic N) is 9. The molecule has 6 rings (SSSR count). The second kappa shape index (κ2) is 17.3. The van der Waals surface area contributed by atoms with Crippen LogP contribution in [0.5, 0.6) is 11.6 Å². The van der Waals surface area contributed by atoms with Gasteiger partial charge in [0.15, 0.2) is 17.9 Å². The molecule has 0 atom stereocenters. The molecular formula is C35H25N9O12S2. The molecule has 4 aromatic carbocycles. The predicted octanol–water partition coefficient (Wildman–Crippen LogP) is 8.38. The van der Waals surface area contributed by atoms with E-state index in [0.717, 1.165) is 18.1 Å². The molecule has 0 aliphatic carbocycles. The molecule has 0 spiro atoms. The van der Waals surface area contributed by atoms with Crippen molar-refractivity contribution in [2.75, 3.05) is 6.61 Å². The number of azo groups is 3. The lowest BCUT2D eigenvalue weighted by molar-refractivity contribution is -0.432. The molecule has 0 aliphatic rings. The number of aromatic nitrogens is 2. The zero-order chi connectivity index (χ0) is 41.6. The lowest BCUT2D eigenvalue weighted by Gasteiger charge is -2.12. The number of aliphatic carboxylic acids is 2. The third-order valence-corrected chi connectivity index (χ3v) is 9.36. The SMILES string of the molecule is Cc1cc(N=Nc2c(CC(=O)O)c(C#N)c3nc4ccccc4n3c2O)c(OCC(=O)O)cc1N=Nc1ccc(N=Nc2ccc(SOOO)cc2)cc1S(=O)(=O)O. The number of rotatable bonds is 15. The van der Waals surface area contributed by atoms with Gasteiger partial charge in [-0.2, -0.15) is 29.0 Å². The quantitative estimate of drug-likeness (QED) is 0.0213. The number of imidazole rings is 1. The summed E-state index contributed by atoms with van der Waals surface area (Å²) in [5.41, 5.74) is 0.381. The first-order valence-corrected chi connectivity index (χ1v) is 18.3. The number of aryl methyl sites for hydroxylation is 1. The zero-order valence-corrected chi connectivity index (χ0v) is 31.0. The number of ether oxygens (including phenoxy) is 1. The van der Waals surface area contributed by atoms with E-state index in [4.69, 9.17) is 9.99 Å². The molecule has 0 aliphatic heterocycles. The second-order valence-corrected chi connectivity index (χ2v) is 13.9. The van der Waals surface area contributed by atoms with Crippen molar-refractivity contribution in [1.82, 2.24) is 9.38 Å². The van der Waals surface area contributed by atoms with Gasteiger partial charge in [-0.3, -0.25) is 13.7 Å². The van der Waals surface area contributed by atoms with Gasteiger partial charge in [0, 0.05) is 16.5 Å². The normalized spacial score (nSPS) is 12.0. The number of carbonyl (C=O) groups is 2. The Morgan fingerprint density at radius 1 is 0.879 bits per heavy atom. The molecule has 294 valence electrons. The molecule has 0 saturated heterocycles. The van der Waals surface area contributed by atoms with Gasteiger partial charge in [-0.15, -0.1) is 19.7 Å². The van der Waals surface area contributed by atoms with Crippen molar-refractivity contribution in [3.63, 3.8) is 0 Å². The predicted molar refractivity (Wildman–Crippen MR) is 201 cm³/mol. The maximum atomic E-state index is 12.4. The lowest BCUT2D eigenvalue weighted by atomic mass is 10.0. The number of carboxylic acids is 2. The molecule has 0 amide bonds. The van der Waals surface area contributed by atoms with E-state index in [1.165, 1.54) is 28.7 Å². The number of fused-ring (bicyclic) bond motifs is 3. The molecule has 2 heterocycles. The van der Waals surface area contributed by atoms with Crippen molar-refractivity contribution < 1.29 is 57.2 Å². The second-order valence-electron chi connectivity index (χ2n) is 11.7. The van der Waals surface area contributed by atoms with Crippen molar-refractivity contribution in [3.8, 4) is 17.7 Å². The van der Waals surface area contributed by atoms with Gasteiger partial charge in [-0.05, 0) is 73.2 Å². The van der Waals surface area contributed by atoms with E-state index in [2.05, 4.69) is 45.0 Å². The van der Waals surface area contributed by atoms with Crippen LogP contribution in [0.1, 0.15) is 16.7 Å². The highest BCUT2D eigenvalue weighted by Gasteiger charge is 2.25. The number of aromatic hydroxyl groups is 1. The summed E-state index contributed by atoms with van der Waals surface area (Å²) in [6, 6.07) is 21.0. The zero-order valence-electron chi connectivity index (χ0n) is 29.4. The average Bonchev–Trinajstić information content (AvgIpc) is 3.58. The fourth-order valence-electron chi connectivity index (χ4n) is 5.36. The van der Waals surface area contributed by atoms with Crippen LogP contribution in [0.15, 0.2) is 119 Å². The maximum absolute atomic E-state index is 12.4. The van der Waals surface area contributed by atoms with Crippen molar-refractivity contribution >= 4 is 84.9 Å². The minimum atomic E-state index is -4.88. The molecule has 0 unspecified atom stereocenters. The Morgan fingerprint density at radius 2 is 1.57 bits per heavy atom. The summed E-state index contributed by atoms with van der Waals surface area (Å²) in [5.74, 6) is -3.50. The molecule has 2 aromatic heterocycles. The Balaban J connectivity index is 1.37. The van der Waals surface area contributed by atoms with Gasteiger partial charge in [0.05, 0.1) is 46.6 Å². The third kappa shape index (κ3) is 9.08. The van der Waals surface area contributed by atoms with E-state index in [0.29, 0.717) is 27.2 Å². The highest BCUT2D eigenvalue weighted by molar-refractivity contribution is 7.94. The van der Waals surface area contributed by atoms with Crippen LogP contribution in [-0.2, 0) is 35.5 Å². The average molecular weight is 828 g/mol. The molecule has 21 nitrogen and oxygen atoms in total. The van der Waals surface area contributed by atoms with E-state index in [-0.39, 0.29) is 51.0 Å². The Bertz CT molecular complexity index is 2840. The molecular weight excluding hydrogens is 803 g/mol. The van der Waals surface area contributed by atoms with Gasteiger partial charge >= 0.3 is 11.9 Å². The van der Waals surface area contributed by atoms with Crippen LogP contribution in [0.3, 0.4) is 0 Å². The van der Waals surface area contributed by atoms with Gasteiger partial charge in [0.1, 0.15) is 33.7 Å². The Morgan fingerprint density at radius 3 is 2.26 bits per heavy atom. The van der Waals surface area contributed by atoms with Gasteiger partial charge in [-0.1, -0.05) is 17.2 Å². The number of hydrogen-bond donors (Lipinski definition) is 5. The first kappa shape index (κ1) is 40.5. The van der Waals surface area contributed by atoms with Gasteiger partial charge in [0.2, 0.25) is 5.88 Å². The minimum Gasteiger partial charge on any atom is -0.493 e. The summed E-state index contributed by atoms with van der Waals surface area (Å²) in [5, 5.41) is 76.7. The number of nitriles is 1. The Labute approximate surface area is 329 Å². The van der Waals surface area contributed by atoms with Gasteiger partial charge in [-0.25, -0.2) is 15.0 Å². The summed E-state index contributed by atoms with van der Waals surface area (Å²) in [7, 11) is -4.88. The van der Waals surface area contributed by atoms with Crippen LogP contribution in [0.25, 0.3) is 16.7 Å². The van der Waals surface area contributed by atoms with Crippen molar-refractivity contribution in [2.45, 2.75) is 23.1 Å². The molecule has 6 aromatic rings. The van der Waals surface area contributed by atoms with Crippen LogP contribution in [0.4, 0.5) is 34.1 Å². The summed E-state index contributed by atoms with van der Waals surface area (Å²) in [6.45, 7) is 0.688. The first-order valence-electron chi connectivity index (χ1n) is 16.1. The smallest absolute Gasteiger partial charge is 0.341 e. The summed E-state index contributed by atoms with van der Waals surface area (Å²) < 4.78 is 45.7. The fourth-order valence-corrected chi connectivity index (χ4v) is 6.35. The summed E-state index contributed by atoms with van der Waals surface area (Å²) in [4.78, 5) is 27.6. The van der Waals surface area contributed by atoms with Gasteiger partial charge in [0.25, 0.3) is 10.1 Å². The molecule has 58 heavy (non-hydrogen) atoms. The van der Waals surface area contributed by atoms with Crippen LogP contribution in [-0.4, -0.2) is 61.5 Å². The van der Waals surface area contributed by atoms with Crippen LogP contribution in [0, 0.1) is 18.3 Å². The highest BCUT2D eigenvalue weighted by Crippen LogP contribution is 2.42. The number of para-hydroxylation sites is 2. The van der Waals surface area contributed by atoms with Crippen molar-refractivity contribution in [2.24, 2.45) is 30.7 Å². The van der Waals surface area contributed by atoms with E-state index < -0.39 is 45.9 Å². The third-order valence-electron chi connectivity index (χ3n) is 7.89. The number of pyridine rings is 1. The number of hydrogen-bond acceptors (Lipinski definition) is 18. The topological polar surface area (TPSA) is 312 Å². The monoisotopic (exact) mass is 827 g/mol. The first-order chi connectivity index (χ1) is 27.8. The standard InChI is InChI=1S/C35H25N9O12S2/c1-18-12-27(42-43-33-22(14-31(45)46)23(16-36)34-37-24-4-2-3-5-28(24)44(34)35(33)49)29(54-17-32(47)48)15-26(18)41-40-25-11-8-20(13-30(25)58(51,52)53)39-38-19-6-9-21(10-7-19)57-56-55-50/h2-13,15,49-50H,14,17H2,1H3,(H,45,46)(H,47,48)(H,51,52,53). The molecule has 0 bridgehead atoms. The molecule has 5 N–H and O–H groups in total. The molecule has 0 saturated carbocycles. The van der Waals surface area contributed by atoms with Crippen LogP contribution in [0.2, 0.25) is 0 Å². The largest absolute Gasteiger partial charge is 0.493 e. The van der Waals surface area contributed by atoms with Crippen molar-refractivity contribution in [1.29, 1.82) is 5.26 Å². The van der Waals surface area contributed by atoms with E-state index in [1.54, 1.807) is 55.5 Å². The fraction of sp³-hybridized carbons (Fsp3) is 0.0857. The van der Waals surface area contributed by atoms with E-state index in [1.807, 2.05) is 6.07 Å². The Hall–Kier alpha value is -7.20. The minimum absolute atomic E-state index is 0.00677. The Kier molecular flexibility index (Phi) is 12.1.